The van der Waals surface area contributed by atoms with Gasteiger partial charge >= 0.3 is 0 Å². The van der Waals surface area contributed by atoms with Gasteiger partial charge in [0.25, 0.3) is 0 Å². The zero-order chi connectivity index (χ0) is 19.1. The molecule has 2 aromatic carbocycles. The summed E-state index contributed by atoms with van der Waals surface area (Å²) in [7, 11) is 0. The van der Waals surface area contributed by atoms with Gasteiger partial charge in [0.2, 0.25) is 0 Å². The molecule has 0 radical (unpaired) electrons. The Kier molecular flexibility index (Phi) is 6.37. The number of ketones is 1. The van der Waals surface area contributed by atoms with Crippen LogP contribution in [0.25, 0.3) is 10.9 Å². The minimum Gasteiger partial charge on any atom is -0.395 e. The first kappa shape index (κ1) is 18.8. The Labute approximate surface area is 159 Å². The van der Waals surface area contributed by atoms with Crippen LogP contribution in [0.1, 0.15) is 22.3 Å². The maximum atomic E-state index is 13.0. The Hall–Kier alpha value is -2.94. The van der Waals surface area contributed by atoms with E-state index in [2.05, 4.69) is 6.07 Å². The molecule has 0 aliphatic rings. The highest BCUT2D eigenvalue weighted by molar-refractivity contribution is 6.09. The number of nitriles is 1. The minimum atomic E-state index is 0.00401. The van der Waals surface area contributed by atoms with Gasteiger partial charge in [-0.25, -0.2) is 0 Å². The lowest BCUT2D eigenvalue weighted by Gasteiger charge is -2.20. The third kappa shape index (κ3) is 4.62. The molecule has 3 aromatic rings. The van der Waals surface area contributed by atoms with Gasteiger partial charge in [0.1, 0.15) is 0 Å². The fraction of sp³-hybridized carbons (Fsp3) is 0.273. The van der Waals surface area contributed by atoms with E-state index >= 15 is 0 Å². The van der Waals surface area contributed by atoms with Gasteiger partial charge in [-0.1, -0.05) is 48.5 Å². The summed E-state index contributed by atoms with van der Waals surface area (Å²) in [5.74, 6) is 0.0197. The fourth-order valence-electron chi connectivity index (χ4n) is 3.31. The maximum absolute atomic E-state index is 13.0. The molecule has 1 heterocycles. The van der Waals surface area contributed by atoms with E-state index in [-0.39, 0.29) is 18.9 Å². The van der Waals surface area contributed by atoms with E-state index in [1.54, 1.807) is 0 Å². The molecule has 0 bridgehead atoms. The van der Waals surface area contributed by atoms with Gasteiger partial charge in [-0.3, -0.25) is 9.69 Å². The van der Waals surface area contributed by atoms with E-state index < -0.39 is 0 Å². The minimum absolute atomic E-state index is 0.00401. The largest absolute Gasteiger partial charge is 0.395 e. The van der Waals surface area contributed by atoms with Gasteiger partial charge in [-0.05, 0) is 11.6 Å². The number of para-hydroxylation sites is 1. The lowest BCUT2D eigenvalue weighted by atomic mass is 10.1. The van der Waals surface area contributed by atoms with Crippen LogP contribution in [0.2, 0.25) is 0 Å². The van der Waals surface area contributed by atoms with Crippen LogP contribution < -0.4 is 0 Å². The van der Waals surface area contributed by atoms with Crippen LogP contribution in [-0.4, -0.2) is 40.1 Å². The topological polar surface area (TPSA) is 69.3 Å². The number of Topliss-reactive ketones (excluding diaryl/α,β-unsaturated/α-hetero) is 1. The SMILES string of the molecule is N#CCCn1cc(C(=O)CN(CCO)Cc2ccccc2)c2ccccc21. The second kappa shape index (κ2) is 9.13. The normalized spacial score (nSPS) is 11.0. The molecular formula is C22H23N3O2. The molecule has 3 rings (SSSR count). The number of aryl methyl sites for hydroxylation is 1. The van der Waals surface area contributed by atoms with Crippen molar-refractivity contribution in [2.75, 3.05) is 19.7 Å². The van der Waals surface area contributed by atoms with Crippen LogP contribution >= 0.6 is 0 Å². The highest BCUT2D eigenvalue weighted by atomic mass is 16.3. The third-order valence-corrected chi connectivity index (χ3v) is 4.59. The summed E-state index contributed by atoms with van der Waals surface area (Å²) in [4.78, 5) is 15.0. The number of carbonyl (C=O) groups excluding carboxylic acids is 1. The zero-order valence-electron chi connectivity index (χ0n) is 15.2. The molecule has 27 heavy (non-hydrogen) atoms. The molecule has 0 aliphatic heterocycles. The summed E-state index contributed by atoms with van der Waals surface area (Å²) < 4.78 is 1.97. The first-order valence-corrected chi connectivity index (χ1v) is 9.08. The van der Waals surface area contributed by atoms with Crippen molar-refractivity contribution >= 4 is 16.7 Å². The predicted molar refractivity (Wildman–Crippen MR) is 105 cm³/mol. The predicted octanol–water partition coefficient (Wildman–Crippen LogP) is 3.23. The second-order valence-corrected chi connectivity index (χ2v) is 6.50. The monoisotopic (exact) mass is 361 g/mol. The molecule has 138 valence electrons. The molecule has 0 unspecified atom stereocenters. The van der Waals surface area contributed by atoms with Crippen LogP contribution in [-0.2, 0) is 13.1 Å². The third-order valence-electron chi connectivity index (χ3n) is 4.59. The summed E-state index contributed by atoms with van der Waals surface area (Å²) in [5.41, 5.74) is 2.74. The number of benzene rings is 2. The number of rotatable bonds is 9. The average Bonchev–Trinajstić information content (AvgIpc) is 3.06. The Bertz CT molecular complexity index is 941. The molecule has 0 spiro atoms. The molecule has 1 N–H and O–H groups in total. The van der Waals surface area contributed by atoms with E-state index in [9.17, 15) is 9.90 Å². The van der Waals surface area contributed by atoms with Crippen molar-refractivity contribution in [3.8, 4) is 6.07 Å². The number of hydrogen-bond acceptors (Lipinski definition) is 4. The van der Waals surface area contributed by atoms with E-state index in [1.807, 2.05) is 70.3 Å². The van der Waals surface area contributed by atoms with Gasteiger partial charge in [0.05, 0.1) is 25.6 Å². The number of aromatic nitrogens is 1. The quantitative estimate of drug-likeness (QED) is 0.594. The van der Waals surface area contributed by atoms with Gasteiger partial charge in [0.15, 0.2) is 5.78 Å². The van der Waals surface area contributed by atoms with Gasteiger partial charge in [-0.15, -0.1) is 0 Å². The van der Waals surface area contributed by atoms with E-state index in [4.69, 9.17) is 5.26 Å². The van der Waals surface area contributed by atoms with Crippen molar-refractivity contribution in [2.24, 2.45) is 0 Å². The summed E-state index contributed by atoms with van der Waals surface area (Å²) >= 11 is 0. The Morgan fingerprint density at radius 1 is 1.11 bits per heavy atom. The zero-order valence-corrected chi connectivity index (χ0v) is 15.2. The number of nitrogens with zero attached hydrogens (tertiary/aromatic N) is 3. The van der Waals surface area contributed by atoms with Crippen LogP contribution in [0, 0.1) is 11.3 Å². The Morgan fingerprint density at radius 3 is 2.59 bits per heavy atom. The van der Waals surface area contributed by atoms with Crippen molar-refractivity contribution in [1.82, 2.24) is 9.47 Å². The standard InChI is InChI=1S/C22H23N3O2/c23-11-6-12-25-16-20(19-9-4-5-10-21(19)25)22(27)17-24(13-14-26)15-18-7-2-1-3-8-18/h1-5,7-10,16,26H,6,12-15,17H2. The van der Waals surface area contributed by atoms with Crippen LogP contribution in [0.5, 0.6) is 0 Å². The summed E-state index contributed by atoms with van der Waals surface area (Å²) in [6.07, 6.45) is 2.25. The molecule has 0 saturated heterocycles. The summed E-state index contributed by atoms with van der Waals surface area (Å²) in [6, 6.07) is 19.9. The summed E-state index contributed by atoms with van der Waals surface area (Å²) in [6.45, 7) is 1.86. The summed E-state index contributed by atoms with van der Waals surface area (Å²) in [5, 5.41) is 19.2. The molecule has 1 aromatic heterocycles. The Morgan fingerprint density at radius 2 is 1.85 bits per heavy atom. The molecule has 0 amide bonds. The van der Waals surface area contributed by atoms with E-state index in [1.165, 1.54) is 0 Å². The maximum Gasteiger partial charge on any atom is 0.178 e. The van der Waals surface area contributed by atoms with Crippen LogP contribution in [0.15, 0.2) is 60.8 Å². The van der Waals surface area contributed by atoms with Gasteiger partial charge < -0.3 is 9.67 Å². The molecular weight excluding hydrogens is 338 g/mol. The van der Waals surface area contributed by atoms with Crippen LogP contribution in [0.4, 0.5) is 0 Å². The lowest BCUT2D eigenvalue weighted by Crippen LogP contribution is -2.32. The number of hydrogen-bond donors (Lipinski definition) is 1. The van der Waals surface area contributed by atoms with Gasteiger partial charge in [0, 0.05) is 42.3 Å². The molecule has 5 nitrogen and oxygen atoms in total. The first-order chi connectivity index (χ1) is 13.2. The second-order valence-electron chi connectivity index (χ2n) is 6.50. The fourth-order valence-corrected chi connectivity index (χ4v) is 3.31. The van der Waals surface area contributed by atoms with E-state index in [0.717, 1.165) is 16.5 Å². The van der Waals surface area contributed by atoms with Crippen LogP contribution in [0.3, 0.4) is 0 Å². The number of aliphatic hydroxyl groups is 1. The van der Waals surface area contributed by atoms with Crippen molar-refractivity contribution in [1.29, 1.82) is 5.26 Å². The van der Waals surface area contributed by atoms with E-state index in [0.29, 0.717) is 31.6 Å². The molecule has 0 fully saturated rings. The molecule has 0 aliphatic carbocycles. The average molecular weight is 361 g/mol. The molecule has 5 heteroatoms. The van der Waals surface area contributed by atoms with Crippen molar-refractivity contribution in [3.05, 3.63) is 71.9 Å². The highest BCUT2D eigenvalue weighted by Crippen LogP contribution is 2.22. The Balaban J connectivity index is 1.82. The number of aliphatic hydroxyl groups excluding tert-OH is 1. The van der Waals surface area contributed by atoms with Crippen molar-refractivity contribution in [2.45, 2.75) is 19.5 Å². The molecule has 0 atom stereocenters. The van der Waals surface area contributed by atoms with Crippen molar-refractivity contribution in [3.63, 3.8) is 0 Å². The number of carbonyl (C=O) groups is 1. The van der Waals surface area contributed by atoms with Crippen molar-refractivity contribution < 1.29 is 9.90 Å². The molecule has 0 saturated carbocycles. The lowest BCUT2D eigenvalue weighted by molar-refractivity contribution is 0.0910. The highest BCUT2D eigenvalue weighted by Gasteiger charge is 2.18. The van der Waals surface area contributed by atoms with Gasteiger partial charge in [-0.2, -0.15) is 5.26 Å². The number of fused-ring (bicyclic) bond motifs is 1. The smallest absolute Gasteiger partial charge is 0.178 e. The first-order valence-electron chi connectivity index (χ1n) is 9.08.